The minimum absolute atomic E-state index is 0.0419. The molecule has 8 heteroatoms. The van der Waals surface area contributed by atoms with Gasteiger partial charge in [-0.1, -0.05) is 6.42 Å². The predicted molar refractivity (Wildman–Crippen MR) is 90.9 cm³/mol. The largest absolute Gasteiger partial charge is 0.377 e. The van der Waals surface area contributed by atoms with Gasteiger partial charge in [-0.05, 0) is 12.8 Å². The molecule has 2 heterocycles. The van der Waals surface area contributed by atoms with E-state index >= 15 is 0 Å². The summed E-state index contributed by atoms with van der Waals surface area (Å²) in [6, 6.07) is 0. The van der Waals surface area contributed by atoms with Crippen molar-refractivity contribution in [2.45, 2.75) is 37.7 Å². The number of nitrogens with one attached hydrogen (secondary N) is 1. The minimum atomic E-state index is -0.866. The minimum Gasteiger partial charge on any atom is -0.377 e. The molecular formula is C17H29N3O5. The number of nitrogens with zero attached hydrogens (tertiary/aromatic N) is 2. The summed E-state index contributed by atoms with van der Waals surface area (Å²) in [5, 5.41) is 2.58. The Labute approximate surface area is 148 Å². The van der Waals surface area contributed by atoms with Crippen molar-refractivity contribution in [1.82, 2.24) is 15.1 Å². The Morgan fingerprint density at radius 2 is 2.08 bits per heavy atom. The quantitative estimate of drug-likeness (QED) is 0.736. The SMILES string of the molecule is CNC(=O)C[C@@]1(OC)COCCN(C(=O)CN2CCCCCC2=O)C1. The summed E-state index contributed by atoms with van der Waals surface area (Å²) in [5.41, 5.74) is -0.866. The fourth-order valence-electron chi connectivity index (χ4n) is 3.27. The lowest BCUT2D eigenvalue weighted by Crippen LogP contribution is -2.52. The van der Waals surface area contributed by atoms with Crippen molar-refractivity contribution in [2.24, 2.45) is 0 Å². The molecule has 1 atom stereocenters. The van der Waals surface area contributed by atoms with Gasteiger partial charge >= 0.3 is 0 Å². The smallest absolute Gasteiger partial charge is 0.242 e. The second kappa shape index (κ2) is 9.15. The van der Waals surface area contributed by atoms with E-state index in [1.54, 1.807) is 16.8 Å². The molecule has 0 aromatic heterocycles. The van der Waals surface area contributed by atoms with E-state index in [9.17, 15) is 14.4 Å². The fourth-order valence-corrected chi connectivity index (χ4v) is 3.27. The maximum absolute atomic E-state index is 12.8. The van der Waals surface area contributed by atoms with E-state index in [4.69, 9.17) is 9.47 Å². The monoisotopic (exact) mass is 355 g/mol. The molecule has 25 heavy (non-hydrogen) atoms. The van der Waals surface area contributed by atoms with Crippen molar-refractivity contribution >= 4 is 17.7 Å². The van der Waals surface area contributed by atoms with Crippen LogP contribution in [0.3, 0.4) is 0 Å². The van der Waals surface area contributed by atoms with Gasteiger partial charge in [-0.25, -0.2) is 0 Å². The molecule has 142 valence electrons. The highest BCUT2D eigenvalue weighted by atomic mass is 16.5. The summed E-state index contributed by atoms with van der Waals surface area (Å²) in [6.07, 6.45) is 3.47. The molecule has 8 nitrogen and oxygen atoms in total. The number of ether oxygens (including phenoxy) is 2. The van der Waals surface area contributed by atoms with Gasteiger partial charge < -0.3 is 24.6 Å². The Balaban J connectivity index is 2.04. The molecule has 2 saturated heterocycles. The van der Waals surface area contributed by atoms with Crippen LogP contribution in [0.2, 0.25) is 0 Å². The highest BCUT2D eigenvalue weighted by Gasteiger charge is 2.38. The Kier molecular flexibility index (Phi) is 7.19. The van der Waals surface area contributed by atoms with Crippen LogP contribution in [0.1, 0.15) is 32.1 Å². The number of hydrogen-bond donors (Lipinski definition) is 1. The molecule has 0 aromatic carbocycles. The van der Waals surface area contributed by atoms with Crippen LogP contribution in [0.25, 0.3) is 0 Å². The third-order valence-corrected chi connectivity index (χ3v) is 4.89. The molecule has 3 amide bonds. The topological polar surface area (TPSA) is 88.2 Å². The summed E-state index contributed by atoms with van der Waals surface area (Å²) < 4.78 is 11.2. The molecule has 0 radical (unpaired) electrons. The zero-order valence-corrected chi connectivity index (χ0v) is 15.2. The molecule has 0 unspecified atom stereocenters. The summed E-state index contributed by atoms with van der Waals surface area (Å²) in [7, 11) is 3.09. The van der Waals surface area contributed by atoms with E-state index in [0.29, 0.717) is 26.1 Å². The van der Waals surface area contributed by atoms with Crippen molar-refractivity contribution in [1.29, 1.82) is 0 Å². The van der Waals surface area contributed by atoms with Crippen molar-refractivity contribution in [3.63, 3.8) is 0 Å². The van der Waals surface area contributed by atoms with E-state index < -0.39 is 5.60 Å². The first kappa shape index (κ1) is 19.7. The van der Waals surface area contributed by atoms with Crippen LogP contribution in [-0.2, 0) is 23.9 Å². The molecule has 0 bridgehead atoms. The molecule has 0 aromatic rings. The first-order chi connectivity index (χ1) is 12.0. The van der Waals surface area contributed by atoms with Gasteiger partial charge in [0.2, 0.25) is 17.7 Å². The second-order valence-corrected chi connectivity index (χ2v) is 6.73. The summed E-state index contributed by atoms with van der Waals surface area (Å²) in [6.45, 7) is 2.06. The predicted octanol–water partition coefficient (Wildman–Crippen LogP) is -0.231. The molecule has 2 aliphatic rings. The molecule has 0 aliphatic carbocycles. The normalized spacial score (nSPS) is 25.3. The highest BCUT2D eigenvalue weighted by Crippen LogP contribution is 2.21. The van der Waals surface area contributed by atoms with E-state index in [2.05, 4.69) is 5.32 Å². The third-order valence-electron chi connectivity index (χ3n) is 4.89. The van der Waals surface area contributed by atoms with E-state index in [-0.39, 0.29) is 43.8 Å². The molecule has 1 N–H and O–H groups in total. The second-order valence-electron chi connectivity index (χ2n) is 6.73. The third kappa shape index (κ3) is 5.40. The maximum Gasteiger partial charge on any atom is 0.242 e. The van der Waals surface area contributed by atoms with E-state index in [0.717, 1.165) is 19.3 Å². The number of carbonyl (C=O) groups excluding carboxylic acids is 3. The van der Waals surface area contributed by atoms with Crippen LogP contribution in [0.5, 0.6) is 0 Å². The standard InChI is InChI=1S/C17H29N3O5/c1-18-14(21)10-17(24-2)12-20(8-9-25-13-17)16(23)11-19-7-5-3-4-6-15(19)22/h3-13H2,1-2H3,(H,18,21)/t17-/m0/s1. The van der Waals surface area contributed by atoms with Gasteiger partial charge in [0.1, 0.15) is 5.60 Å². The number of rotatable bonds is 5. The van der Waals surface area contributed by atoms with Gasteiger partial charge in [0.25, 0.3) is 0 Å². The van der Waals surface area contributed by atoms with Crippen LogP contribution < -0.4 is 5.32 Å². The number of carbonyl (C=O) groups is 3. The fraction of sp³-hybridized carbons (Fsp3) is 0.824. The first-order valence-electron chi connectivity index (χ1n) is 8.89. The van der Waals surface area contributed by atoms with Gasteiger partial charge in [0, 0.05) is 33.7 Å². The van der Waals surface area contributed by atoms with Crippen LogP contribution >= 0.6 is 0 Å². The van der Waals surface area contributed by atoms with Crippen molar-refractivity contribution in [2.75, 3.05) is 53.6 Å². The molecule has 2 fully saturated rings. The number of hydrogen-bond acceptors (Lipinski definition) is 5. The maximum atomic E-state index is 12.8. The zero-order chi connectivity index (χ0) is 18.3. The number of likely N-dealkylation sites (tertiary alicyclic amines) is 1. The van der Waals surface area contributed by atoms with Gasteiger partial charge in [0.15, 0.2) is 0 Å². The lowest BCUT2D eigenvalue weighted by Gasteiger charge is -2.34. The Bertz CT molecular complexity index is 499. The van der Waals surface area contributed by atoms with E-state index in [1.807, 2.05) is 0 Å². The average molecular weight is 355 g/mol. The molecule has 2 aliphatic heterocycles. The average Bonchev–Trinajstić information content (AvgIpc) is 2.94. The van der Waals surface area contributed by atoms with Crippen molar-refractivity contribution in [3.8, 4) is 0 Å². The summed E-state index contributed by atoms with van der Waals surface area (Å²) >= 11 is 0. The van der Waals surface area contributed by atoms with Gasteiger partial charge in [-0.2, -0.15) is 0 Å². The van der Waals surface area contributed by atoms with E-state index in [1.165, 1.54) is 7.11 Å². The Morgan fingerprint density at radius 1 is 1.28 bits per heavy atom. The van der Waals surface area contributed by atoms with Crippen LogP contribution in [0.4, 0.5) is 0 Å². The van der Waals surface area contributed by atoms with Crippen molar-refractivity contribution < 1.29 is 23.9 Å². The highest BCUT2D eigenvalue weighted by molar-refractivity contribution is 5.85. The van der Waals surface area contributed by atoms with Crippen LogP contribution in [-0.4, -0.2) is 86.7 Å². The molecular weight excluding hydrogens is 326 g/mol. The summed E-state index contributed by atoms with van der Waals surface area (Å²) in [5.74, 6) is -0.248. The number of methoxy groups -OCH3 is 1. The molecule has 2 rings (SSSR count). The van der Waals surface area contributed by atoms with Gasteiger partial charge in [-0.15, -0.1) is 0 Å². The Hall–Kier alpha value is -1.67. The van der Waals surface area contributed by atoms with Gasteiger partial charge in [0.05, 0.1) is 32.7 Å². The zero-order valence-electron chi connectivity index (χ0n) is 15.2. The Morgan fingerprint density at radius 3 is 2.80 bits per heavy atom. The molecule has 0 spiro atoms. The lowest BCUT2D eigenvalue weighted by molar-refractivity contribution is -0.144. The van der Waals surface area contributed by atoms with Crippen LogP contribution in [0.15, 0.2) is 0 Å². The molecule has 0 saturated carbocycles. The van der Waals surface area contributed by atoms with Crippen molar-refractivity contribution in [3.05, 3.63) is 0 Å². The first-order valence-corrected chi connectivity index (χ1v) is 8.89. The van der Waals surface area contributed by atoms with Crippen LogP contribution in [0, 0.1) is 0 Å². The van der Waals surface area contributed by atoms with Gasteiger partial charge in [-0.3, -0.25) is 14.4 Å². The lowest BCUT2D eigenvalue weighted by atomic mass is 9.99. The number of amides is 3. The summed E-state index contributed by atoms with van der Waals surface area (Å²) in [4.78, 5) is 40.0.